The predicted molar refractivity (Wildman–Crippen MR) is 108 cm³/mol. The van der Waals surface area contributed by atoms with E-state index in [9.17, 15) is 9.59 Å². The number of rotatable bonds is 8. The Morgan fingerprint density at radius 3 is 2.71 bits per heavy atom. The van der Waals surface area contributed by atoms with Gasteiger partial charge in [-0.05, 0) is 30.7 Å². The summed E-state index contributed by atoms with van der Waals surface area (Å²) in [6.07, 6.45) is -0.930. The molecule has 6 nitrogen and oxygen atoms in total. The van der Waals surface area contributed by atoms with Gasteiger partial charge in [-0.1, -0.05) is 41.9 Å². The number of carbonyl (C=O) groups is 2. The van der Waals surface area contributed by atoms with Crippen LogP contribution in [0.5, 0.6) is 0 Å². The Hall–Kier alpha value is -2.48. The molecule has 0 aliphatic heterocycles. The number of hydrogen-bond acceptors (Lipinski definition) is 6. The maximum Gasteiger partial charge on any atom is 0.332 e. The fraction of sp³-hybridized carbons (Fsp3) is 0.250. The largest absolute Gasteiger partial charge is 0.451 e. The Bertz CT molecular complexity index is 943. The minimum absolute atomic E-state index is 0.210. The summed E-state index contributed by atoms with van der Waals surface area (Å²) < 4.78 is 11.5. The third-order valence-electron chi connectivity index (χ3n) is 3.87. The molecule has 146 valence electrons. The Morgan fingerprint density at radius 2 is 1.93 bits per heavy atom. The van der Waals surface area contributed by atoms with Crippen molar-refractivity contribution in [3.05, 3.63) is 64.1 Å². The van der Waals surface area contributed by atoms with E-state index in [1.54, 1.807) is 6.07 Å². The molecule has 28 heavy (non-hydrogen) atoms. The van der Waals surface area contributed by atoms with Crippen LogP contribution in [0.3, 0.4) is 0 Å². The van der Waals surface area contributed by atoms with Crippen molar-refractivity contribution >= 4 is 45.0 Å². The molecule has 0 aliphatic carbocycles. The minimum Gasteiger partial charge on any atom is -0.451 e. The van der Waals surface area contributed by atoms with Gasteiger partial charge in [-0.15, -0.1) is 11.3 Å². The van der Waals surface area contributed by atoms with Gasteiger partial charge in [0.15, 0.2) is 6.10 Å². The summed E-state index contributed by atoms with van der Waals surface area (Å²) in [5.41, 5.74) is 1.69. The molecule has 3 aromatic rings. The van der Waals surface area contributed by atoms with Crippen LogP contribution < -0.4 is 5.32 Å². The van der Waals surface area contributed by atoms with E-state index in [1.165, 1.54) is 18.3 Å². The molecule has 0 fully saturated rings. The second kappa shape index (κ2) is 9.64. The van der Waals surface area contributed by atoms with Gasteiger partial charge in [0.1, 0.15) is 11.6 Å². The number of nitrogens with zero attached hydrogens (tertiary/aromatic N) is 1. The van der Waals surface area contributed by atoms with Gasteiger partial charge in [0.05, 0.1) is 16.8 Å². The van der Waals surface area contributed by atoms with Crippen molar-refractivity contribution in [3.8, 4) is 0 Å². The molecule has 0 spiro atoms. The molecular formula is C20H19ClN2O4S. The Morgan fingerprint density at radius 1 is 1.18 bits per heavy atom. The van der Waals surface area contributed by atoms with Gasteiger partial charge in [-0.25, -0.2) is 9.78 Å². The van der Waals surface area contributed by atoms with Crippen LogP contribution in [0.25, 0.3) is 10.2 Å². The summed E-state index contributed by atoms with van der Waals surface area (Å²) >= 11 is 7.56. The lowest BCUT2D eigenvalue weighted by Gasteiger charge is -2.14. The number of esters is 1. The maximum atomic E-state index is 12.1. The highest BCUT2D eigenvalue weighted by Crippen LogP contribution is 2.21. The number of amides is 1. The fourth-order valence-corrected chi connectivity index (χ4v) is 3.56. The van der Waals surface area contributed by atoms with Gasteiger partial charge < -0.3 is 14.8 Å². The Balaban J connectivity index is 1.39. The third-order valence-corrected chi connectivity index (χ3v) is 5.25. The number of thiazole rings is 1. The monoisotopic (exact) mass is 418 g/mol. The zero-order valence-corrected chi connectivity index (χ0v) is 16.8. The molecule has 3 rings (SSSR count). The normalized spacial score (nSPS) is 11.9. The van der Waals surface area contributed by atoms with Gasteiger partial charge >= 0.3 is 5.97 Å². The summed E-state index contributed by atoms with van der Waals surface area (Å²) in [7, 11) is 0. The van der Waals surface area contributed by atoms with Gasteiger partial charge in [0.25, 0.3) is 5.91 Å². The van der Waals surface area contributed by atoms with Crippen molar-refractivity contribution < 1.29 is 19.1 Å². The van der Waals surface area contributed by atoms with Gasteiger partial charge in [-0.2, -0.15) is 0 Å². The molecule has 0 saturated heterocycles. The van der Waals surface area contributed by atoms with E-state index in [0.717, 1.165) is 20.8 Å². The highest BCUT2D eigenvalue weighted by Gasteiger charge is 2.18. The number of fused-ring (bicyclic) bond motifs is 1. The van der Waals surface area contributed by atoms with E-state index in [0.29, 0.717) is 5.02 Å². The number of aromatic nitrogens is 1. The first-order valence-corrected chi connectivity index (χ1v) is 9.85. The average molecular weight is 419 g/mol. The number of halogens is 1. The van der Waals surface area contributed by atoms with Crippen LogP contribution >= 0.6 is 22.9 Å². The number of benzene rings is 2. The van der Waals surface area contributed by atoms with Crippen LogP contribution in [-0.2, 0) is 32.2 Å². The zero-order chi connectivity index (χ0) is 19.9. The quantitative estimate of drug-likeness (QED) is 0.564. The third kappa shape index (κ3) is 5.51. The van der Waals surface area contributed by atoms with E-state index in [4.69, 9.17) is 21.1 Å². The van der Waals surface area contributed by atoms with Gasteiger partial charge in [0.2, 0.25) is 0 Å². The van der Waals surface area contributed by atoms with Crippen molar-refractivity contribution in [1.29, 1.82) is 0 Å². The lowest BCUT2D eigenvalue weighted by atomic mass is 10.2. The van der Waals surface area contributed by atoms with Gasteiger partial charge in [0, 0.05) is 11.6 Å². The molecule has 0 aliphatic rings. The first-order chi connectivity index (χ1) is 13.5. The smallest absolute Gasteiger partial charge is 0.332 e. The van der Waals surface area contributed by atoms with Gasteiger partial charge in [-0.3, -0.25) is 4.79 Å². The van der Waals surface area contributed by atoms with Crippen molar-refractivity contribution in [2.24, 2.45) is 0 Å². The van der Waals surface area contributed by atoms with E-state index in [1.807, 2.05) is 42.5 Å². The Kier molecular flexibility index (Phi) is 6.97. The van der Waals surface area contributed by atoms with Crippen LogP contribution in [0.2, 0.25) is 5.02 Å². The molecule has 0 radical (unpaired) electrons. The summed E-state index contributed by atoms with van der Waals surface area (Å²) in [5, 5.41) is 4.03. The summed E-state index contributed by atoms with van der Waals surface area (Å²) in [4.78, 5) is 28.4. The lowest BCUT2D eigenvalue weighted by molar-refractivity contribution is -0.159. The highest BCUT2D eigenvalue weighted by atomic mass is 35.5. The number of ether oxygens (including phenoxy) is 2. The summed E-state index contributed by atoms with van der Waals surface area (Å²) in [5.74, 6) is -1.01. The molecule has 1 heterocycles. The topological polar surface area (TPSA) is 77.5 Å². The predicted octanol–water partition coefficient (Wildman–Crippen LogP) is 3.71. The first kappa shape index (κ1) is 20.3. The van der Waals surface area contributed by atoms with Crippen LogP contribution in [0.15, 0.2) is 48.5 Å². The van der Waals surface area contributed by atoms with Crippen molar-refractivity contribution in [3.63, 3.8) is 0 Å². The molecule has 1 atom stereocenters. The fourth-order valence-electron chi connectivity index (χ4n) is 2.46. The average Bonchev–Trinajstić information content (AvgIpc) is 3.09. The SMILES string of the molecule is C[C@H](OC(=O)COCc1nc2ccccc2s1)C(=O)NCc1ccccc1Cl. The molecule has 0 bridgehead atoms. The first-order valence-electron chi connectivity index (χ1n) is 8.65. The molecule has 1 amide bonds. The second-order valence-corrected chi connectivity index (χ2v) is 7.53. The molecule has 0 unspecified atom stereocenters. The van der Waals surface area contributed by atoms with Crippen LogP contribution in [0, 0.1) is 0 Å². The van der Waals surface area contributed by atoms with Crippen molar-refractivity contribution in [2.45, 2.75) is 26.2 Å². The Labute approximate surface area is 171 Å². The van der Waals surface area contributed by atoms with E-state index in [2.05, 4.69) is 10.3 Å². The molecule has 0 saturated carbocycles. The molecule has 2 aromatic carbocycles. The number of nitrogens with one attached hydrogen (secondary N) is 1. The lowest BCUT2D eigenvalue weighted by Crippen LogP contribution is -2.36. The number of para-hydroxylation sites is 1. The van der Waals surface area contributed by atoms with Crippen LogP contribution in [0.4, 0.5) is 0 Å². The standard InChI is InChI=1S/C20H19ClN2O4S/c1-13(20(25)22-10-14-6-2-3-7-15(14)21)27-19(24)12-26-11-18-23-16-8-4-5-9-17(16)28-18/h2-9,13H,10-12H2,1H3,(H,22,25)/t13-/m0/s1. The van der Waals surface area contributed by atoms with Crippen molar-refractivity contribution in [1.82, 2.24) is 10.3 Å². The molecule has 1 aromatic heterocycles. The zero-order valence-electron chi connectivity index (χ0n) is 15.2. The van der Waals surface area contributed by atoms with Crippen LogP contribution in [0.1, 0.15) is 17.5 Å². The van der Waals surface area contributed by atoms with E-state index in [-0.39, 0.29) is 19.8 Å². The molecular weight excluding hydrogens is 400 g/mol. The molecule has 8 heteroatoms. The number of hydrogen-bond donors (Lipinski definition) is 1. The summed E-state index contributed by atoms with van der Waals surface area (Å²) in [6, 6.07) is 15.0. The van der Waals surface area contributed by atoms with Crippen LogP contribution in [-0.4, -0.2) is 29.6 Å². The van der Waals surface area contributed by atoms with E-state index >= 15 is 0 Å². The number of carbonyl (C=O) groups excluding carboxylic acids is 2. The van der Waals surface area contributed by atoms with E-state index < -0.39 is 18.0 Å². The highest BCUT2D eigenvalue weighted by molar-refractivity contribution is 7.18. The minimum atomic E-state index is -0.930. The maximum absolute atomic E-state index is 12.1. The molecule has 1 N–H and O–H groups in total. The summed E-state index contributed by atoms with van der Waals surface area (Å²) in [6.45, 7) is 1.72. The second-order valence-electron chi connectivity index (χ2n) is 6.01. The van der Waals surface area contributed by atoms with Crippen molar-refractivity contribution in [2.75, 3.05) is 6.61 Å².